The molecular weight excluding hydrogens is 408 g/mol. The van der Waals surface area contributed by atoms with Crippen LogP contribution in [0.3, 0.4) is 0 Å². The molecule has 3 aromatic heterocycles. The summed E-state index contributed by atoms with van der Waals surface area (Å²) in [6.07, 6.45) is 3.68. The van der Waals surface area contributed by atoms with Crippen molar-refractivity contribution in [2.75, 3.05) is 24.5 Å². The van der Waals surface area contributed by atoms with E-state index < -0.39 is 0 Å². The van der Waals surface area contributed by atoms with E-state index in [4.69, 9.17) is 0 Å². The van der Waals surface area contributed by atoms with E-state index in [0.29, 0.717) is 24.4 Å². The standard InChI is InChI=1S/C19H26N6O2S2/c1-3-23(4-2)18-21-17-14(29-18)12-13(28-17)16(26)20-9-7-11-25-19(27)24-10-6-5-8-15(24)22-25/h12H,3-11H2,1-2H3,(H,20,26). The zero-order valence-corrected chi connectivity index (χ0v) is 18.4. The molecule has 0 bridgehead atoms. The third-order valence-electron chi connectivity index (χ3n) is 5.20. The van der Waals surface area contributed by atoms with Gasteiger partial charge in [0.1, 0.15) is 10.7 Å². The van der Waals surface area contributed by atoms with Gasteiger partial charge in [-0.15, -0.1) is 11.3 Å². The number of fused-ring (bicyclic) bond motifs is 2. The molecule has 156 valence electrons. The molecule has 0 aliphatic carbocycles. The maximum absolute atomic E-state index is 12.5. The number of rotatable bonds is 8. The lowest BCUT2D eigenvalue weighted by Crippen LogP contribution is -2.29. The number of nitrogens with one attached hydrogen (secondary N) is 1. The van der Waals surface area contributed by atoms with Crippen LogP contribution < -0.4 is 15.9 Å². The van der Waals surface area contributed by atoms with Crippen LogP contribution in [0.2, 0.25) is 0 Å². The molecule has 1 amide bonds. The molecule has 0 aromatic carbocycles. The Kier molecular flexibility index (Phi) is 6.00. The molecule has 10 heteroatoms. The fraction of sp³-hybridized carbons (Fsp3) is 0.579. The number of anilines is 1. The van der Waals surface area contributed by atoms with Gasteiger partial charge in [-0.05, 0) is 39.2 Å². The highest BCUT2D eigenvalue weighted by Gasteiger charge is 2.17. The van der Waals surface area contributed by atoms with Crippen LogP contribution >= 0.6 is 22.7 Å². The van der Waals surface area contributed by atoms with Crippen LogP contribution in [0, 0.1) is 0 Å². The molecule has 0 fully saturated rings. The van der Waals surface area contributed by atoms with Gasteiger partial charge in [0.15, 0.2) is 5.13 Å². The van der Waals surface area contributed by atoms with E-state index >= 15 is 0 Å². The lowest BCUT2D eigenvalue weighted by atomic mass is 10.2. The van der Waals surface area contributed by atoms with Crippen LogP contribution in [-0.2, 0) is 19.5 Å². The molecule has 3 aromatic rings. The summed E-state index contributed by atoms with van der Waals surface area (Å²) in [6.45, 7) is 7.88. The largest absolute Gasteiger partial charge is 0.351 e. The van der Waals surface area contributed by atoms with Crippen LogP contribution in [0.4, 0.5) is 5.13 Å². The van der Waals surface area contributed by atoms with Crippen molar-refractivity contribution in [1.82, 2.24) is 24.6 Å². The highest BCUT2D eigenvalue weighted by atomic mass is 32.1. The maximum Gasteiger partial charge on any atom is 0.345 e. The molecule has 29 heavy (non-hydrogen) atoms. The Morgan fingerprint density at radius 2 is 2.10 bits per heavy atom. The molecule has 0 saturated heterocycles. The fourth-order valence-corrected chi connectivity index (χ4v) is 5.83. The van der Waals surface area contributed by atoms with Crippen LogP contribution in [-0.4, -0.2) is 44.9 Å². The van der Waals surface area contributed by atoms with E-state index in [1.807, 2.05) is 6.07 Å². The summed E-state index contributed by atoms with van der Waals surface area (Å²) in [4.78, 5) is 33.3. The van der Waals surface area contributed by atoms with Gasteiger partial charge in [-0.3, -0.25) is 9.36 Å². The van der Waals surface area contributed by atoms with Gasteiger partial charge in [0.2, 0.25) is 0 Å². The van der Waals surface area contributed by atoms with Crippen molar-refractivity contribution in [2.45, 2.75) is 52.6 Å². The average molecular weight is 435 g/mol. The van der Waals surface area contributed by atoms with Crippen LogP contribution in [0.25, 0.3) is 9.53 Å². The fourth-order valence-electron chi connectivity index (χ4n) is 3.58. The minimum atomic E-state index is -0.0823. The van der Waals surface area contributed by atoms with Gasteiger partial charge in [0.05, 0.1) is 9.58 Å². The Balaban J connectivity index is 1.31. The maximum atomic E-state index is 12.5. The van der Waals surface area contributed by atoms with Crippen LogP contribution in [0.5, 0.6) is 0 Å². The zero-order valence-electron chi connectivity index (χ0n) is 16.8. The van der Waals surface area contributed by atoms with E-state index in [0.717, 1.165) is 59.4 Å². The first-order valence-electron chi connectivity index (χ1n) is 10.2. The number of aryl methyl sites for hydroxylation is 2. The second-order valence-electron chi connectivity index (χ2n) is 7.09. The minimum Gasteiger partial charge on any atom is -0.351 e. The summed E-state index contributed by atoms with van der Waals surface area (Å²) in [5, 5.41) is 8.39. The van der Waals surface area contributed by atoms with Gasteiger partial charge >= 0.3 is 5.69 Å². The number of thiazole rings is 1. The first-order chi connectivity index (χ1) is 14.1. The second kappa shape index (κ2) is 8.66. The number of carbonyl (C=O) groups is 1. The molecular formula is C19H26N6O2S2. The SMILES string of the molecule is CCN(CC)c1nc2sc(C(=O)NCCCn3nc4n(c3=O)CCCC4)cc2s1. The molecule has 4 heterocycles. The van der Waals surface area contributed by atoms with E-state index in [2.05, 4.69) is 34.1 Å². The summed E-state index contributed by atoms with van der Waals surface area (Å²) >= 11 is 3.06. The van der Waals surface area contributed by atoms with E-state index in [1.54, 1.807) is 15.9 Å². The predicted octanol–water partition coefficient (Wildman–Crippen LogP) is 2.72. The van der Waals surface area contributed by atoms with Gasteiger partial charge in [-0.1, -0.05) is 11.3 Å². The quantitative estimate of drug-likeness (QED) is 0.551. The Morgan fingerprint density at radius 1 is 1.28 bits per heavy atom. The number of amides is 1. The highest BCUT2D eigenvalue weighted by molar-refractivity contribution is 7.29. The van der Waals surface area contributed by atoms with Gasteiger partial charge in [-0.2, -0.15) is 5.10 Å². The first-order valence-corrected chi connectivity index (χ1v) is 11.8. The zero-order chi connectivity index (χ0) is 20.4. The van der Waals surface area contributed by atoms with Crippen molar-refractivity contribution in [2.24, 2.45) is 0 Å². The number of hydrogen-bond acceptors (Lipinski definition) is 7. The smallest absolute Gasteiger partial charge is 0.345 e. The molecule has 0 spiro atoms. The molecule has 8 nitrogen and oxygen atoms in total. The number of aromatic nitrogens is 4. The molecule has 1 aliphatic heterocycles. The number of thiophene rings is 1. The summed E-state index contributed by atoms with van der Waals surface area (Å²) in [5.41, 5.74) is -0.0281. The lowest BCUT2D eigenvalue weighted by Gasteiger charge is -2.16. The third kappa shape index (κ3) is 4.09. The van der Waals surface area contributed by atoms with Gasteiger partial charge < -0.3 is 10.2 Å². The summed E-state index contributed by atoms with van der Waals surface area (Å²) in [5.74, 6) is 0.807. The van der Waals surface area contributed by atoms with Crippen molar-refractivity contribution in [3.63, 3.8) is 0 Å². The number of carbonyl (C=O) groups excluding carboxylic acids is 1. The van der Waals surface area contributed by atoms with Crippen molar-refractivity contribution in [1.29, 1.82) is 0 Å². The highest BCUT2D eigenvalue weighted by Crippen LogP contribution is 2.34. The minimum absolute atomic E-state index is 0.0281. The lowest BCUT2D eigenvalue weighted by molar-refractivity contribution is 0.0956. The van der Waals surface area contributed by atoms with Crippen molar-refractivity contribution < 1.29 is 4.79 Å². The Morgan fingerprint density at radius 3 is 2.83 bits per heavy atom. The summed E-state index contributed by atoms with van der Waals surface area (Å²) in [6, 6.07) is 1.92. The molecule has 1 aliphatic rings. The van der Waals surface area contributed by atoms with Crippen molar-refractivity contribution >= 4 is 43.2 Å². The Hall–Kier alpha value is -2.20. The van der Waals surface area contributed by atoms with Gasteiger partial charge in [0, 0.05) is 39.1 Å². The van der Waals surface area contributed by atoms with Crippen LogP contribution in [0.1, 0.15) is 48.6 Å². The number of hydrogen-bond donors (Lipinski definition) is 1. The van der Waals surface area contributed by atoms with E-state index in [9.17, 15) is 9.59 Å². The molecule has 0 atom stereocenters. The second-order valence-corrected chi connectivity index (χ2v) is 9.13. The van der Waals surface area contributed by atoms with E-state index in [1.165, 1.54) is 16.0 Å². The first kappa shape index (κ1) is 20.1. The molecule has 1 N–H and O–H groups in total. The Bertz CT molecular complexity index is 1030. The van der Waals surface area contributed by atoms with Crippen LogP contribution in [0.15, 0.2) is 10.9 Å². The topological polar surface area (TPSA) is 85.1 Å². The van der Waals surface area contributed by atoms with Gasteiger partial charge in [0.25, 0.3) is 5.91 Å². The Labute approximate surface area is 177 Å². The van der Waals surface area contributed by atoms with Gasteiger partial charge in [-0.25, -0.2) is 14.5 Å². The predicted molar refractivity (Wildman–Crippen MR) is 117 cm³/mol. The molecule has 4 rings (SSSR count). The monoisotopic (exact) mass is 434 g/mol. The van der Waals surface area contributed by atoms with Crippen molar-refractivity contribution in [3.8, 4) is 0 Å². The average Bonchev–Trinajstić information content (AvgIpc) is 3.39. The summed E-state index contributed by atoms with van der Waals surface area (Å²) < 4.78 is 4.36. The third-order valence-corrected chi connectivity index (χ3v) is 7.42. The van der Waals surface area contributed by atoms with Crippen molar-refractivity contribution in [3.05, 3.63) is 27.3 Å². The van der Waals surface area contributed by atoms with E-state index in [-0.39, 0.29) is 11.6 Å². The molecule has 0 radical (unpaired) electrons. The molecule has 0 unspecified atom stereocenters. The molecule has 0 saturated carbocycles. The normalized spacial score (nSPS) is 13.6. The summed E-state index contributed by atoms with van der Waals surface area (Å²) in [7, 11) is 0. The number of nitrogens with zero attached hydrogens (tertiary/aromatic N) is 5.